The molecule has 0 radical (unpaired) electrons. The van der Waals surface area contributed by atoms with Crippen LogP contribution in [0.2, 0.25) is 0 Å². The van der Waals surface area contributed by atoms with Gasteiger partial charge >= 0.3 is 0 Å². The first kappa shape index (κ1) is 18.0. The van der Waals surface area contributed by atoms with Gasteiger partial charge in [-0.3, -0.25) is 4.99 Å². The lowest BCUT2D eigenvalue weighted by atomic mass is 9.86. The van der Waals surface area contributed by atoms with E-state index in [4.69, 9.17) is 4.74 Å². The summed E-state index contributed by atoms with van der Waals surface area (Å²) in [6.07, 6.45) is 6.98. The van der Waals surface area contributed by atoms with Gasteiger partial charge in [-0.2, -0.15) is 0 Å². The van der Waals surface area contributed by atoms with Gasteiger partial charge in [0.2, 0.25) is 0 Å². The third-order valence-electron chi connectivity index (χ3n) is 5.12. The van der Waals surface area contributed by atoms with Crippen LogP contribution < -0.4 is 10.6 Å². The number of rotatable bonds is 4. The van der Waals surface area contributed by atoms with E-state index in [2.05, 4.69) is 22.5 Å². The Morgan fingerprint density at radius 3 is 2.88 bits per heavy atom. The van der Waals surface area contributed by atoms with Gasteiger partial charge in [-0.25, -0.2) is 4.39 Å². The number of hydrogen-bond acceptors (Lipinski definition) is 3. The van der Waals surface area contributed by atoms with Gasteiger partial charge in [0.15, 0.2) is 5.96 Å². The number of aliphatic imine (C=N–C) groups is 1. The van der Waals surface area contributed by atoms with Crippen LogP contribution in [0.25, 0.3) is 0 Å². The number of phenolic OH excluding ortho intramolecular Hbond substituents is 1. The van der Waals surface area contributed by atoms with E-state index in [0.29, 0.717) is 30.2 Å². The molecule has 0 aromatic heterocycles. The Morgan fingerprint density at radius 2 is 2.12 bits per heavy atom. The van der Waals surface area contributed by atoms with Crippen molar-refractivity contribution in [3.63, 3.8) is 0 Å². The monoisotopic (exact) mass is 349 g/mol. The van der Waals surface area contributed by atoms with E-state index in [9.17, 15) is 9.50 Å². The molecule has 5 nitrogen and oxygen atoms in total. The minimum atomic E-state index is -0.398. The van der Waals surface area contributed by atoms with Gasteiger partial charge < -0.3 is 20.5 Å². The lowest BCUT2D eigenvalue weighted by Gasteiger charge is -2.31. The van der Waals surface area contributed by atoms with Gasteiger partial charge in [-0.1, -0.05) is 19.8 Å². The molecule has 3 N–H and O–H groups in total. The summed E-state index contributed by atoms with van der Waals surface area (Å²) in [6, 6.07) is 4.20. The standard InChI is InChI=1S/C19H28FN3O2/c1-13-5-2-3-7-16(13)22-19(21-12-15-6-4-10-25-15)23-17-11-14(20)8-9-18(17)24/h8-9,11,13,15-16,24H,2-7,10,12H2,1H3,(H2,21,22,23). The molecule has 2 fully saturated rings. The van der Waals surface area contributed by atoms with E-state index >= 15 is 0 Å². The van der Waals surface area contributed by atoms with Gasteiger partial charge in [0, 0.05) is 18.7 Å². The first-order valence-corrected chi connectivity index (χ1v) is 9.30. The number of ether oxygens (including phenoxy) is 1. The van der Waals surface area contributed by atoms with Crippen molar-refractivity contribution in [2.45, 2.75) is 57.6 Å². The number of aromatic hydroxyl groups is 1. The molecule has 138 valence electrons. The number of anilines is 1. The number of nitrogens with zero attached hydrogens (tertiary/aromatic N) is 1. The summed E-state index contributed by atoms with van der Waals surface area (Å²) in [5, 5.41) is 16.5. The Bertz CT molecular complexity index is 602. The molecule has 2 aliphatic rings. The number of benzene rings is 1. The second-order valence-corrected chi connectivity index (χ2v) is 7.12. The largest absolute Gasteiger partial charge is 0.506 e. The summed E-state index contributed by atoms with van der Waals surface area (Å²) in [5.41, 5.74) is 0.321. The van der Waals surface area contributed by atoms with Crippen LogP contribution in [0, 0.1) is 11.7 Å². The van der Waals surface area contributed by atoms with Crippen molar-refractivity contribution in [2.24, 2.45) is 10.9 Å². The molecule has 1 aromatic carbocycles. The average molecular weight is 349 g/mol. The summed E-state index contributed by atoms with van der Waals surface area (Å²) in [6.45, 7) is 3.60. The second kappa shape index (κ2) is 8.52. The van der Waals surface area contributed by atoms with Crippen molar-refractivity contribution in [1.29, 1.82) is 0 Å². The zero-order valence-electron chi connectivity index (χ0n) is 14.8. The third-order valence-corrected chi connectivity index (χ3v) is 5.12. The van der Waals surface area contributed by atoms with Crippen LogP contribution in [0.15, 0.2) is 23.2 Å². The normalized spacial score (nSPS) is 27.3. The molecule has 1 saturated heterocycles. The maximum Gasteiger partial charge on any atom is 0.196 e. The Hall–Kier alpha value is -1.82. The highest BCUT2D eigenvalue weighted by Crippen LogP contribution is 2.26. The smallest absolute Gasteiger partial charge is 0.196 e. The first-order chi connectivity index (χ1) is 12.1. The maximum absolute atomic E-state index is 13.5. The fraction of sp³-hybridized carbons (Fsp3) is 0.632. The van der Waals surface area contributed by atoms with E-state index in [1.807, 2.05) is 0 Å². The minimum absolute atomic E-state index is 0.00436. The molecular formula is C19H28FN3O2. The fourth-order valence-corrected chi connectivity index (χ4v) is 3.54. The first-order valence-electron chi connectivity index (χ1n) is 9.30. The van der Waals surface area contributed by atoms with Gasteiger partial charge in [0.1, 0.15) is 11.6 Å². The number of nitrogens with one attached hydrogen (secondary N) is 2. The number of phenols is 1. The third kappa shape index (κ3) is 5.08. The van der Waals surface area contributed by atoms with Crippen molar-refractivity contribution < 1.29 is 14.2 Å². The fourth-order valence-electron chi connectivity index (χ4n) is 3.54. The van der Waals surface area contributed by atoms with Crippen molar-refractivity contribution in [3.8, 4) is 5.75 Å². The summed E-state index contributed by atoms with van der Waals surface area (Å²) in [4.78, 5) is 4.64. The van der Waals surface area contributed by atoms with Gasteiger partial charge in [0.05, 0.1) is 18.3 Å². The van der Waals surface area contributed by atoms with Crippen molar-refractivity contribution in [1.82, 2.24) is 5.32 Å². The summed E-state index contributed by atoms with van der Waals surface area (Å²) >= 11 is 0. The lowest BCUT2D eigenvalue weighted by molar-refractivity contribution is 0.117. The molecule has 0 bridgehead atoms. The van der Waals surface area contributed by atoms with Crippen LogP contribution in [-0.2, 0) is 4.74 Å². The number of hydrogen-bond donors (Lipinski definition) is 3. The topological polar surface area (TPSA) is 65.9 Å². The van der Waals surface area contributed by atoms with Crippen LogP contribution in [0.5, 0.6) is 5.75 Å². The van der Waals surface area contributed by atoms with E-state index in [1.54, 1.807) is 0 Å². The van der Waals surface area contributed by atoms with E-state index < -0.39 is 5.82 Å². The predicted octanol–water partition coefficient (Wildman–Crippen LogP) is 3.65. The molecular weight excluding hydrogens is 321 g/mol. The molecule has 0 amide bonds. The quantitative estimate of drug-likeness (QED) is 0.441. The second-order valence-electron chi connectivity index (χ2n) is 7.12. The SMILES string of the molecule is CC1CCCCC1NC(=NCC1CCCO1)Nc1cc(F)ccc1O. The van der Waals surface area contributed by atoms with E-state index in [0.717, 1.165) is 25.9 Å². The zero-order valence-corrected chi connectivity index (χ0v) is 14.8. The molecule has 0 spiro atoms. The molecule has 25 heavy (non-hydrogen) atoms. The number of halogens is 1. The summed E-state index contributed by atoms with van der Waals surface area (Å²) in [7, 11) is 0. The predicted molar refractivity (Wildman–Crippen MR) is 97.5 cm³/mol. The minimum Gasteiger partial charge on any atom is -0.506 e. The van der Waals surface area contributed by atoms with Crippen molar-refractivity contribution in [3.05, 3.63) is 24.0 Å². The van der Waals surface area contributed by atoms with Gasteiger partial charge in [0.25, 0.3) is 0 Å². The Balaban J connectivity index is 1.72. The van der Waals surface area contributed by atoms with Crippen LogP contribution in [0.3, 0.4) is 0 Å². The van der Waals surface area contributed by atoms with Crippen LogP contribution in [0.1, 0.15) is 45.4 Å². The molecule has 6 heteroatoms. The molecule has 3 unspecified atom stereocenters. The summed E-state index contributed by atoms with van der Waals surface area (Å²) < 4.78 is 19.2. The Kier molecular flexibility index (Phi) is 6.13. The molecule has 1 aromatic rings. The Labute approximate surface area is 148 Å². The molecule has 1 aliphatic heterocycles. The summed E-state index contributed by atoms with van der Waals surface area (Å²) in [5.74, 6) is 0.745. The maximum atomic E-state index is 13.5. The lowest BCUT2D eigenvalue weighted by Crippen LogP contribution is -2.44. The van der Waals surface area contributed by atoms with E-state index in [1.165, 1.54) is 37.5 Å². The van der Waals surface area contributed by atoms with E-state index in [-0.39, 0.29) is 11.9 Å². The zero-order chi connectivity index (χ0) is 17.6. The van der Waals surface area contributed by atoms with Crippen LogP contribution in [0.4, 0.5) is 10.1 Å². The van der Waals surface area contributed by atoms with Crippen molar-refractivity contribution in [2.75, 3.05) is 18.5 Å². The molecule has 1 heterocycles. The highest BCUT2D eigenvalue weighted by atomic mass is 19.1. The Morgan fingerprint density at radius 1 is 1.28 bits per heavy atom. The molecule has 3 atom stereocenters. The average Bonchev–Trinajstić information content (AvgIpc) is 3.11. The molecule has 1 aliphatic carbocycles. The molecule has 3 rings (SSSR count). The molecule has 1 saturated carbocycles. The van der Waals surface area contributed by atoms with Crippen molar-refractivity contribution >= 4 is 11.6 Å². The van der Waals surface area contributed by atoms with Gasteiger partial charge in [-0.05, 0) is 43.7 Å². The number of guanidine groups is 1. The van der Waals surface area contributed by atoms with Crippen LogP contribution >= 0.6 is 0 Å². The van der Waals surface area contributed by atoms with Crippen LogP contribution in [-0.4, -0.2) is 36.4 Å². The van der Waals surface area contributed by atoms with Gasteiger partial charge in [-0.15, -0.1) is 0 Å². The highest BCUT2D eigenvalue weighted by molar-refractivity contribution is 5.95. The highest BCUT2D eigenvalue weighted by Gasteiger charge is 2.23.